The van der Waals surface area contributed by atoms with Crippen molar-refractivity contribution in [2.45, 2.75) is 53.8 Å². The van der Waals surface area contributed by atoms with E-state index >= 15 is 0 Å². The Morgan fingerprint density at radius 2 is 1.13 bits per heavy atom. The summed E-state index contributed by atoms with van der Waals surface area (Å²) in [5.74, 6) is 0. The summed E-state index contributed by atoms with van der Waals surface area (Å²) in [5, 5.41) is 2.59. The summed E-state index contributed by atoms with van der Waals surface area (Å²) >= 11 is 0. The summed E-state index contributed by atoms with van der Waals surface area (Å²) in [6, 6.07) is 49.5. The van der Waals surface area contributed by atoms with Crippen LogP contribution >= 0.6 is 0 Å². The van der Waals surface area contributed by atoms with Gasteiger partial charge in [-0.3, -0.25) is 0 Å². The molecule has 6 aromatic carbocycles. The van der Waals surface area contributed by atoms with E-state index in [2.05, 4.69) is 174 Å². The van der Waals surface area contributed by atoms with Gasteiger partial charge in [0.1, 0.15) is 0 Å². The molecule has 0 saturated heterocycles. The Morgan fingerprint density at radius 3 is 1.89 bits per heavy atom. The molecule has 0 fully saturated rings. The maximum absolute atomic E-state index is 2.45. The molecule has 0 N–H and O–H groups in total. The molecule has 0 radical (unpaired) electrons. The molecule has 0 nitrogen and oxygen atoms in total. The highest BCUT2D eigenvalue weighted by Gasteiger charge is 2.32. The molecule has 1 aliphatic rings. The van der Waals surface area contributed by atoms with Crippen LogP contribution in [0.1, 0.15) is 57.7 Å². The van der Waals surface area contributed by atoms with Gasteiger partial charge in [0.25, 0.3) is 0 Å². The molecule has 0 spiro atoms. The van der Waals surface area contributed by atoms with Crippen LogP contribution in [0, 0.1) is 10.8 Å². The van der Waals surface area contributed by atoms with Crippen LogP contribution < -0.4 is 5.46 Å². The highest BCUT2D eigenvalue weighted by molar-refractivity contribution is 6.55. The molecule has 1 heteroatoms. The van der Waals surface area contributed by atoms with E-state index in [-0.39, 0.29) is 10.8 Å². The minimum atomic E-state index is 0.250. The second-order valence-electron chi connectivity index (χ2n) is 15.0. The van der Waals surface area contributed by atoms with Crippen LogP contribution in [-0.2, 0) is 6.42 Å². The molecular weight excluding hydrogens is 563 g/mol. The topological polar surface area (TPSA) is 0 Å². The number of aryl methyl sites for hydroxylation is 1. The van der Waals surface area contributed by atoms with Gasteiger partial charge < -0.3 is 0 Å². The lowest BCUT2D eigenvalue weighted by molar-refractivity contribution is 0.157. The Labute approximate surface area is 282 Å². The third-order valence-electron chi connectivity index (χ3n) is 11.1. The fraction of sp³-hybridized carbons (Fsp3) is 0.217. The Hall–Kier alpha value is -4.62. The lowest BCUT2D eigenvalue weighted by Gasteiger charge is -2.39. The number of hydrogen-bond acceptors (Lipinski definition) is 0. The van der Waals surface area contributed by atoms with Crippen molar-refractivity contribution in [1.82, 2.24) is 0 Å². The maximum atomic E-state index is 2.45. The first-order valence-electron chi connectivity index (χ1n) is 17.3. The molecule has 47 heavy (non-hydrogen) atoms. The maximum Gasteiger partial charge on any atom is 0.159 e. The highest BCUT2D eigenvalue weighted by Crippen LogP contribution is 2.42. The van der Waals surface area contributed by atoms with E-state index in [1.807, 2.05) is 0 Å². The summed E-state index contributed by atoms with van der Waals surface area (Å²) in [6.07, 6.45) is 5.67. The van der Waals surface area contributed by atoms with Gasteiger partial charge in [0.15, 0.2) is 7.28 Å². The standard InChI is InChI=1S/C46H45B/c1-45(2,3)46(4,5)31-47-44-24-13-12-22-43(44)42-21-11-9-19-39(42)36-28-26-33-29-35(27-25-34(33)30-36)38-18-8-10-20-40(38)41-23-14-16-32-15-6-7-17-37(32)41/h6-24,26,28-30,47H,25,27,31H2,1-5H3. The smallest absolute Gasteiger partial charge is 0.0768 e. The van der Waals surface area contributed by atoms with E-state index in [0.717, 1.165) is 26.4 Å². The normalized spacial score (nSPS) is 13.3. The predicted molar refractivity (Wildman–Crippen MR) is 208 cm³/mol. The SMILES string of the molecule is CC(C)(C)C(C)(C)CBc1ccccc1-c1ccccc1-c1ccc2c(c1)CCC(c1ccccc1-c1cccc3ccccc13)=C2. The largest absolute Gasteiger partial charge is 0.159 e. The number of fused-ring (bicyclic) bond motifs is 2. The molecule has 232 valence electrons. The summed E-state index contributed by atoms with van der Waals surface area (Å²) in [4.78, 5) is 0. The van der Waals surface area contributed by atoms with E-state index in [1.54, 1.807) is 0 Å². The van der Waals surface area contributed by atoms with Crippen molar-refractivity contribution in [3.05, 3.63) is 150 Å². The van der Waals surface area contributed by atoms with Crippen LogP contribution in [0.5, 0.6) is 0 Å². The van der Waals surface area contributed by atoms with Gasteiger partial charge in [-0.25, -0.2) is 0 Å². The summed E-state index contributed by atoms with van der Waals surface area (Å²) in [6.45, 7) is 11.9. The molecule has 1 aliphatic carbocycles. The second kappa shape index (κ2) is 12.5. The zero-order valence-electron chi connectivity index (χ0n) is 28.6. The Balaban J connectivity index is 1.22. The lowest BCUT2D eigenvalue weighted by Crippen LogP contribution is -2.33. The molecule has 7 rings (SSSR count). The van der Waals surface area contributed by atoms with E-state index in [1.165, 1.54) is 71.9 Å². The fourth-order valence-electron chi connectivity index (χ4n) is 7.12. The first-order chi connectivity index (χ1) is 22.7. The van der Waals surface area contributed by atoms with Crippen LogP contribution in [0.25, 0.3) is 55.8 Å². The Morgan fingerprint density at radius 1 is 0.532 bits per heavy atom. The Bertz CT molecular complexity index is 2100. The van der Waals surface area contributed by atoms with Crippen molar-refractivity contribution in [1.29, 1.82) is 0 Å². The van der Waals surface area contributed by atoms with Gasteiger partial charge in [0.05, 0.1) is 0 Å². The molecule has 0 bridgehead atoms. The van der Waals surface area contributed by atoms with E-state index in [9.17, 15) is 0 Å². The predicted octanol–water partition coefficient (Wildman–Crippen LogP) is 11.9. The molecule has 0 saturated carbocycles. The van der Waals surface area contributed by atoms with E-state index < -0.39 is 0 Å². The minimum absolute atomic E-state index is 0.250. The highest BCUT2D eigenvalue weighted by atomic mass is 14.3. The molecular formula is C46H45B. The van der Waals surface area contributed by atoms with Gasteiger partial charge in [0, 0.05) is 0 Å². The van der Waals surface area contributed by atoms with Crippen LogP contribution in [-0.4, -0.2) is 7.28 Å². The number of allylic oxidation sites excluding steroid dienone is 1. The Kier molecular flexibility index (Phi) is 8.27. The van der Waals surface area contributed by atoms with E-state index in [4.69, 9.17) is 0 Å². The van der Waals surface area contributed by atoms with Crippen LogP contribution in [0.15, 0.2) is 133 Å². The molecule has 0 amide bonds. The zero-order chi connectivity index (χ0) is 32.6. The minimum Gasteiger partial charge on any atom is -0.0768 e. The van der Waals surface area contributed by atoms with Gasteiger partial charge in [-0.2, -0.15) is 0 Å². The number of hydrogen-bond donors (Lipinski definition) is 0. The fourth-order valence-corrected chi connectivity index (χ4v) is 7.12. The van der Waals surface area contributed by atoms with Gasteiger partial charge in [-0.1, -0.05) is 186 Å². The van der Waals surface area contributed by atoms with Crippen molar-refractivity contribution in [3.8, 4) is 33.4 Å². The molecule has 0 heterocycles. The third kappa shape index (κ3) is 6.12. The summed E-state index contributed by atoms with van der Waals surface area (Å²) in [7, 11) is 1.08. The zero-order valence-corrected chi connectivity index (χ0v) is 28.6. The first kappa shape index (κ1) is 31.0. The molecule has 0 unspecified atom stereocenters. The van der Waals surface area contributed by atoms with Crippen molar-refractivity contribution >= 4 is 35.2 Å². The third-order valence-corrected chi connectivity index (χ3v) is 11.1. The molecule has 6 aromatic rings. The van der Waals surface area contributed by atoms with Crippen LogP contribution in [0.4, 0.5) is 0 Å². The van der Waals surface area contributed by atoms with Gasteiger partial charge in [-0.05, 0) is 90.1 Å². The average Bonchev–Trinajstić information content (AvgIpc) is 3.10. The number of rotatable bonds is 7. The quantitative estimate of drug-likeness (QED) is 0.158. The van der Waals surface area contributed by atoms with Crippen molar-refractivity contribution in [2.75, 3.05) is 0 Å². The molecule has 0 aromatic heterocycles. The van der Waals surface area contributed by atoms with Gasteiger partial charge >= 0.3 is 0 Å². The van der Waals surface area contributed by atoms with Gasteiger partial charge in [-0.15, -0.1) is 0 Å². The summed E-state index contributed by atoms with van der Waals surface area (Å²) in [5.41, 5.74) is 15.4. The van der Waals surface area contributed by atoms with Crippen LogP contribution in [0.3, 0.4) is 0 Å². The summed E-state index contributed by atoms with van der Waals surface area (Å²) < 4.78 is 0. The van der Waals surface area contributed by atoms with E-state index in [0.29, 0.717) is 0 Å². The first-order valence-corrected chi connectivity index (χ1v) is 17.3. The van der Waals surface area contributed by atoms with Gasteiger partial charge in [0.2, 0.25) is 0 Å². The van der Waals surface area contributed by atoms with Crippen molar-refractivity contribution in [2.24, 2.45) is 10.8 Å². The molecule has 0 atom stereocenters. The number of benzene rings is 6. The molecule has 0 aliphatic heterocycles. The van der Waals surface area contributed by atoms with Crippen LogP contribution in [0.2, 0.25) is 6.32 Å². The van der Waals surface area contributed by atoms with Crippen molar-refractivity contribution in [3.63, 3.8) is 0 Å². The average molecular weight is 609 g/mol. The lowest BCUT2D eigenvalue weighted by atomic mass is 9.52. The second-order valence-corrected chi connectivity index (χ2v) is 15.0. The van der Waals surface area contributed by atoms with Crippen molar-refractivity contribution < 1.29 is 0 Å². The monoisotopic (exact) mass is 608 g/mol.